The number of benzene rings is 1. The van der Waals surface area contributed by atoms with Crippen molar-refractivity contribution in [3.63, 3.8) is 0 Å². The predicted molar refractivity (Wildman–Crippen MR) is 71.8 cm³/mol. The Balaban J connectivity index is 2.17. The smallest absolute Gasteiger partial charge is 0.415 e. The summed E-state index contributed by atoms with van der Waals surface area (Å²) in [6.45, 7) is 0. The molecule has 3 aromatic rings. The van der Waals surface area contributed by atoms with Crippen molar-refractivity contribution in [3.8, 4) is 11.1 Å². The topological polar surface area (TPSA) is 101 Å². The largest absolute Gasteiger partial charge is 0.464 e. The molecule has 20 heavy (non-hydrogen) atoms. The number of fused-ring (bicyclic) bond motifs is 1. The second-order valence-electron chi connectivity index (χ2n) is 4.28. The standard InChI is InChI=1S/C13H9N3O4/c17-13(18)15-4-3-8(7-15)11-6-14-12-2-1-9(16(19)20)5-10(11)12/h1-7,14H,(H,17,18). The lowest BCUT2D eigenvalue weighted by Gasteiger charge is -1.96. The van der Waals surface area contributed by atoms with E-state index in [1.165, 1.54) is 24.5 Å². The summed E-state index contributed by atoms with van der Waals surface area (Å²) < 4.78 is 1.03. The summed E-state index contributed by atoms with van der Waals surface area (Å²) in [4.78, 5) is 24.2. The van der Waals surface area contributed by atoms with E-state index in [0.29, 0.717) is 10.9 Å². The first-order valence-corrected chi connectivity index (χ1v) is 5.73. The van der Waals surface area contributed by atoms with Crippen LogP contribution < -0.4 is 0 Å². The molecule has 0 radical (unpaired) electrons. The fourth-order valence-electron chi connectivity index (χ4n) is 2.14. The van der Waals surface area contributed by atoms with E-state index in [-0.39, 0.29) is 5.69 Å². The highest BCUT2D eigenvalue weighted by Crippen LogP contribution is 2.31. The Hall–Kier alpha value is -3.09. The fraction of sp³-hybridized carbons (Fsp3) is 0. The van der Waals surface area contributed by atoms with E-state index < -0.39 is 11.0 Å². The molecule has 2 N–H and O–H groups in total. The number of rotatable bonds is 2. The summed E-state index contributed by atoms with van der Waals surface area (Å²) in [5.74, 6) is 0. The SMILES string of the molecule is O=C(O)n1ccc(-c2c[nH]c3ccc([N+](=O)[O-])cc23)c1. The van der Waals surface area contributed by atoms with Crippen LogP contribution in [0.1, 0.15) is 0 Å². The molecule has 100 valence electrons. The molecule has 0 unspecified atom stereocenters. The first-order chi connectivity index (χ1) is 9.56. The molecular formula is C13H9N3O4. The third kappa shape index (κ3) is 1.81. The number of aromatic nitrogens is 2. The Labute approximate surface area is 112 Å². The lowest BCUT2D eigenvalue weighted by atomic mass is 10.1. The highest BCUT2D eigenvalue weighted by molar-refractivity contribution is 5.97. The van der Waals surface area contributed by atoms with Crippen molar-refractivity contribution in [1.82, 2.24) is 9.55 Å². The molecule has 7 nitrogen and oxygen atoms in total. The van der Waals surface area contributed by atoms with E-state index in [9.17, 15) is 14.9 Å². The van der Waals surface area contributed by atoms with Gasteiger partial charge in [-0.1, -0.05) is 0 Å². The first kappa shape index (κ1) is 12.0. The molecule has 2 aromatic heterocycles. The maximum atomic E-state index is 10.9. The Morgan fingerprint density at radius 2 is 2.15 bits per heavy atom. The quantitative estimate of drug-likeness (QED) is 0.552. The lowest BCUT2D eigenvalue weighted by molar-refractivity contribution is -0.384. The molecule has 2 heterocycles. The Morgan fingerprint density at radius 3 is 2.80 bits per heavy atom. The minimum absolute atomic E-state index is 0.00369. The number of H-pyrrole nitrogens is 1. The number of hydrogen-bond donors (Lipinski definition) is 2. The van der Waals surface area contributed by atoms with Crippen molar-refractivity contribution in [2.45, 2.75) is 0 Å². The third-order valence-electron chi connectivity index (χ3n) is 3.10. The second-order valence-corrected chi connectivity index (χ2v) is 4.28. The van der Waals surface area contributed by atoms with Gasteiger partial charge in [0.15, 0.2) is 0 Å². The molecule has 0 fully saturated rings. The van der Waals surface area contributed by atoms with Crippen molar-refractivity contribution in [3.05, 3.63) is 53.0 Å². The Bertz CT molecular complexity index is 831. The maximum Gasteiger partial charge on any atom is 0.415 e. The number of hydrogen-bond acceptors (Lipinski definition) is 3. The van der Waals surface area contributed by atoms with Crippen LogP contribution in [0, 0.1) is 10.1 Å². The van der Waals surface area contributed by atoms with Crippen molar-refractivity contribution in [2.75, 3.05) is 0 Å². The van der Waals surface area contributed by atoms with Gasteiger partial charge < -0.3 is 10.1 Å². The monoisotopic (exact) mass is 271 g/mol. The number of nitro benzene ring substituents is 1. The zero-order valence-corrected chi connectivity index (χ0v) is 10.1. The van der Waals surface area contributed by atoms with E-state index in [4.69, 9.17) is 5.11 Å². The normalized spacial score (nSPS) is 10.8. The summed E-state index contributed by atoms with van der Waals surface area (Å²) >= 11 is 0. The van der Waals surface area contributed by atoms with Gasteiger partial charge in [-0.3, -0.25) is 14.7 Å². The van der Waals surface area contributed by atoms with Crippen LogP contribution in [0.2, 0.25) is 0 Å². The van der Waals surface area contributed by atoms with Crippen LogP contribution in [-0.2, 0) is 0 Å². The number of aromatic amines is 1. The van der Waals surface area contributed by atoms with Crippen LogP contribution in [0.3, 0.4) is 0 Å². The number of nitro groups is 1. The van der Waals surface area contributed by atoms with Crippen molar-refractivity contribution < 1.29 is 14.8 Å². The number of nitrogens with one attached hydrogen (secondary N) is 1. The van der Waals surface area contributed by atoms with Gasteiger partial charge in [-0.15, -0.1) is 0 Å². The molecular weight excluding hydrogens is 262 g/mol. The zero-order chi connectivity index (χ0) is 14.3. The van der Waals surface area contributed by atoms with Gasteiger partial charge in [0.1, 0.15) is 0 Å². The average molecular weight is 271 g/mol. The predicted octanol–water partition coefficient (Wildman–Crippen LogP) is 3.07. The van der Waals surface area contributed by atoms with E-state index >= 15 is 0 Å². The van der Waals surface area contributed by atoms with Crippen molar-refractivity contribution in [1.29, 1.82) is 0 Å². The summed E-state index contributed by atoms with van der Waals surface area (Å²) in [6.07, 6.45) is 3.51. The summed E-state index contributed by atoms with van der Waals surface area (Å²) in [7, 11) is 0. The van der Waals surface area contributed by atoms with Gasteiger partial charge in [0.2, 0.25) is 0 Å². The number of nitrogens with zero attached hydrogens (tertiary/aromatic N) is 2. The van der Waals surface area contributed by atoms with Crippen LogP contribution in [0.15, 0.2) is 42.9 Å². The third-order valence-corrected chi connectivity index (χ3v) is 3.10. The summed E-state index contributed by atoms with van der Waals surface area (Å²) in [5.41, 5.74) is 2.16. The van der Waals surface area contributed by atoms with Crippen LogP contribution in [0.5, 0.6) is 0 Å². The summed E-state index contributed by atoms with van der Waals surface area (Å²) in [5, 5.41) is 20.4. The minimum Gasteiger partial charge on any atom is -0.464 e. The van der Waals surface area contributed by atoms with E-state index in [1.807, 2.05) is 0 Å². The average Bonchev–Trinajstić information content (AvgIpc) is 3.03. The van der Waals surface area contributed by atoms with Gasteiger partial charge in [-0.05, 0) is 12.1 Å². The van der Waals surface area contributed by atoms with E-state index in [2.05, 4.69) is 4.98 Å². The molecule has 1 aromatic carbocycles. The summed E-state index contributed by atoms with van der Waals surface area (Å²) in [6, 6.07) is 6.17. The molecule has 0 amide bonds. The van der Waals surface area contributed by atoms with Crippen molar-refractivity contribution >= 4 is 22.7 Å². The number of carboxylic acid groups (broad SMARTS) is 1. The van der Waals surface area contributed by atoms with Gasteiger partial charge in [0.05, 0.1) is 4.92 Å². The Kier molecular flexibility index (Phi) is 2.53. The zero-order valence-electron chi connectivity index (χ0n) is 10.1. The Morgan fingerprint density at radius 1 is 1.35 bits per heavy atom. The molecule has 0 aliphatic rings. The van der Waals surface area contributed by atoms with E-state index in [0.717, 1.165) is 15.6 Å². The molecule has 0 aliphatic heterocycles. The highest BCUT2D eigenvalue weighted by atomic mass is 16.6. The van der Waals surface area contributed by atoms with Crippen LogP contribution in [-0.4, -0.2) is 25.7 Å². The van der Waals surface area contributed by atoms with Gasteiger partial charge in [0.25, 0.3) is 5.69 Å². The van der Waals surface area contributed by atoms with Gasteiger partial charge >= 0.3 is 6.09 Å². The van der Waals surface area contributed by atoms with E-state index in [1.54, 1.807) is 18.3 Å². The van der Waals surface area contributed by atoms with Crippen LogP contribution >= 0.6 is 0 Å². The molecule has 0 aliphatic carbocycles. The van der Waals surface area contributed by atoms with Crippen LogP contribution in [0.4, 0.5) is 10.5 Å². The van der Waals surface area contributed by atoms with Crippen molar-refractivity contribution in [2.24, 2.45) is 0 Å². The number of non-ortho nitro benzene ring substituents is 1. The second kappa shape index (κ2) is 4.23. The first-order valence-electron chi connectivity index (χ1n) is 5.73. The number of carbonyl (C=O) groups is 1. The maximum absolute atomic E-state index is 10.9. The minimum atomic E-state index is -1.08. The van der Waals surface area contributed by atoms with Crippen LogP contribution in [0.25, 0.3) is 22.0 Å². The molecule has 7 heteroatoms. The molecule has 0 bridgehead atoms. The van der Waals surface area contributed by atoms with Gasteiger partial charge in [-0.2, -0.15) is 0 Å². The fourth-order valence-corrected chi connectivity index (χ4v) is 2.14. The molecule has 3 rings (SSSR count). The van der Waals surface area contributed by atoms with Gasteiger partial charge in [-0.25, -0.2) is 4.79 Å². The molecule has 0 saturated heterocycles. The van der Waals surface area contributed by atoms with Gasteiger partial charge in [0, 0.05) is 52.8 Å². The molecule has 0 spiro atoms. The lowest BCUT2D eigenvalue weighted by Crippen LogP contribution is -2.03. The molecule has 0 saturated carbocycles. The molecule has 0 atom stereocenters. The highest BCUT2D eigenvalue weighted by Gasteiger charge is 2.13.